The predicted octanol–water partition coefficient (Wildman–Crippen LogP) is 1.04. The highest BCUT2D eigenvalue weighted by Crippen LogP contribution is 2.21. The summed E-state index contributed by atoms with van der Waals surface area (Å²) in [5.74, 6) is -0.932. The largest absolute Gasteiger partial charge is 0.463 e. The van der Waals surface area contributed by atoms with Gasteiger partial charge < -0.3 is 25.2 Å². The molecule has 0 heterocycles. The number of hydrogen-bond donors (Lipinski definition) is 3. The third-order valence-electron chi connectivity index (χ3n) is 4.04. The number of amides is 2. The predicted molar refractivity (Wildman–Crippen MR) is 96.5 cm³/mol. The summed E-state index contributed by atoms with van der Waals surface area (Å²) in [6, 6.07) is 7.64. The van der Waals surface area contributed by atoms with Crippen LogP contribution >= 0.6 is 0 Å². The lowest BCUT2D eigenvalue weighted by molar-refractivity contribution is -0.139. The molecule has 0 aliphatic heterocycles. The fraction of sp³-hybridized carbons (Fsp3) is 0.421. The molecule has 8 nitrogen and oxygen atoms in total. The lowest BCUT2D eigenvalue weighted by Crippen LogP contribution is -2.58. The van der Waals surface area contributed by atoms with Crippen LogP contribution in [0.25, 0.3) is 0 Å². The van der Waals surface area contributed by atoms with Crippen molar-refractivity contribution >= 4 is 18.0 Å². The summed E-state index contributed by atoms with van der Waals surface area (Å²) < 4.78 is 10.1. The zero-order chi connectivity index (χ0) is 19.8. The number of carbonyl (C=O) groups excluding carboxylic acids is 3. The molecule has 146 valence electrons. The molecule has 2 rings (SSSR count). The van der Waals surface area contributed by atoms with Crippen LogP contribution in [0, 0.1) is 0 Å². The van der Waals surface area contributed by atoms with Crippen molar-refractivity contribution in [1.82, 2.24) is 10.6 Å². The topological polar surface area (TPSA) is 114 Å². The molecule has 0 bridgehead atoms. The van der Waals surface area contributed by atoms with Crippen molar-refractivity contribution in [2.45, 2.75) is 45.1 Å². The van der Waals surface area contributed by atoms with Crippen LogP contribution in [-0.4, -0.2) is 47.9 Å². The number of benzene rings is 1. The number of hydrogen-bond acceptors (Lipinski definition) is 6. The first-order valence-electron chi connectivity index (χ1n) is 8.71. The molecule has 2 amide bonds. The van der Waals surface area contributed by atoms with Gasteiger partial charge in [-0.05, 0) is 18.6 Å². The van der Waals surface area contributed by atoms with E-state index in [-0.39, 0.29) is 31.1 Å². The molecule has 1 aromatic rings. The van der Waals surface area contributed by atoms with Gasteiger partial charge in [-0.25, -0.2) is 9.59 Å². The van der Waals surface area contributed by atoms with Gasteiger partial charge in [0.1, 0.15) is 6.61 Å². The van der Waals surface area contributed by atoms with Crippen molar-refractivity contribution in [2.24, 2.45) is 0 Å². The highest BCUT2D eigenvalue weighted by Gasteiger charge is 2.36. The van der Waals surface area contributed by atoms with Gasteiger partial charge in [-0.3, -0.25) is 4.79 Å². The summed E-state index contributed by atoms with van der Waals surface area (Å²) >= 11 is 0. The number of alkyl carbamates (subject to hydrolysis) is 1. The second kappa shape index (κ2) is 9.72. The van der Waals surface area contributed by atoms with E-state index >= 15 is 0 Å². The van der Waals surface area contributed by atoms with Gasteiger partial charge in [0.05, 0.1) is 24.8 Å². The molecule has 0 saturated heterocycles. The van der Waals surface area contributed by atoms with E-state index in [2.05, 4.69) is 10.6 Å². The third-order valence-corrected chi connectivity index (χ3v) is 4.04. The average Bonchev–Trinajstić information content (AvgIpc) is 2.63. The van der Waals surface area contributed by atoms with E-state index in [0.717, 1.165) is 5.56 Å². The molecule has 0 saturated carbocycles. The number of aliphatic hydroxyl groups is 1. The van der Waals surface area contributed by atoms with E-state index in [4.69, 9.17) is 9.47 Å². The Kier molecular flexibility index (Phi) is 7.36. The standard InChI is InChI=1S/C19H24N2O6/c1-3-26-18(24)14-9-15(17(16(23)10-14)20-12(2)22)21-19(25)27-11-13-7-5-4-6-8-13/h4-8,10,15-17,23H,3,9,11H2,1-2H3,(H,20,22)(H,21,25)/t15-,16+,17+/m0/s1. The Morgan fingerprint density at radius 3 is 2.48 bits per heavy atom. The Hall–Kier alpha value is -2.87. The summed E-state index contributed by atoms with van der Waals surface area (Å²) in [6.45, 7) is 3.25. The zero-order valence-electron chi connectivity index (χ0n) is 15.3. The molecule has 0 spiro atoms. The Morgan fingerprint density at radius 2 is 1.85 bits per heavy atom. The van der Waals surface area contributed by atoms with Crippen molar-refractivity contribution in [3.8, 4) is 0 Å². The number of ether oxygens (including phenoxy) is 2. The summed E-state index contributed by atoms with van der Waals surface area (Å²) in [7, 11) is 0. The van der Waals surface area contributed by atoms with Gasteiger partial charge in [0.2, 0.25) is 5.91 Å². The quantitative estimate of drug-likeness (QED) is 0.639. The van der Waals surface area contributed by atoms with Gasteiger partial charge in [-0.2, -0.15) is 0 Å². The summed E-state index contributed by atoms with van der Waals surface area (Å²) in [5.41, 5.74) is 1.06. The van der Waals surface area contributed by atoms with Gasteiger partial charge >= 0.3 is 12.1 Å². The third kappa shape index (κ3) is 6.10. The number of esters is 1. The maximum absolute atomic E-state index is 12.2. The van der Waals surface area contributed by atoms with Crippen LogP contribution in [0.15, 0.2) is 42.0 Å². The summed E-state index contributed by atoms with van der Waals surface area (Å²) in [6.07, 6.45) is -0.425. The first kappa shape index (κ1) is 20.4. The molecule has 0 aromatic heterocycles. The molecule has 1 aliphatic carbocycles. The van der Waals surface area contributed by atoms with Crippen LogP contribution in [0.4, 0.5) is 4.79 Å². The molecular formula is C19H24N2O6. The molecule has 3 N–H and O–H groups in total. The maximum atomic E-state index is 12.2. The molecule has 8 heteroatoms. The maximum Gasteiger partial charge on any atom is 0.407 e. The molecule has 0 fully saturated rings. The highest BCUT2D eigenvalue weighted by atomic mass is 16.5. The lowest BCUT2D eigenvalue weighted by atomic mass is 9.88. The molecule has 3 atom stereocenters. The van der Waals surface area contributed by atoms with Gasteiger partial charge in [-0.1, -0.05) is 30.3 Å². The second-order valence-electron chi connectivity index (χ2n) is 6.15. The molecule has 27 heavy (non-hydrogen) atoms. The Balaban J connectivity index is 2.05. The fourth-order valence-corrected chi connectivity index (χ4v) is 2.83. The molecule has 1 aliphatic rings. The van der Waals surface area contributed by atoms with Crippen molar-refractivity contribution in [2.75, 3.05) is 6.61 Å². The highest BCUT2D eigenvalue weighted by molar-refractivity contribution is 5.89. The molecule has 0 unspecified atom stereocenters. The zero-order valence-corrected chi connectivity index (χ0v) is 15.3. The molecule has 0 radical (unpaired) electrons. The van der Waals surface area contributed by atoms with Crippen molar-refractivity contribution in [3.05, 3.63) is 47.5 Å². The van der Waals surface area contributed by atoms with Crippen molar-refractivity contribution in [1.29, 1.82) is 0 Å². The van der Waals surface area contributed by atoms with E-state index < -0.39 is 30.3 Å². The van der Waals surface area contributed by atoms with Gasteiger partial charge in [0.25, 0.3) is 0 Å². The fourth-order valence-electron chi connectivity index (χ4n) is 2.83. The minimum atomic E-state index is -1.15. The van der Waals surface area contributed by atoms with E-state index in [1.807, 2.05) is 30.3 Å². The lowest BCUT2D eigenvalue weighted by Gasteiger charge is -2.34. The molecular weight excluding hydrogens is 352 g/mol. The summed E-state index contributed by atoms with van der Waals surface area (Å²) in [4.78, 5) is 35.6. The minimum absolute atomic E-state index is 0.0767. The van der Waals surface area contributed by atoms with Crippen LogP contribution in [0.1, 0.15) is 25.8 Å². The Labute approximate surface area is 157 Å². The summed E-state index contributed by atoms with van der Waals surface area (Å²) in [5, 5.41) is 15.5. The van der Waals surface area contributed by atoms with Gasteiger partial charge in [0, 0.05) is 18.9 Å². The minimum Gasteiger partial charge on any atom is -0.463 e. The average molecular weight is 376 g/mol. The van der Waals surface area contributed by atoms with Crippen LogP contribution in [0.3, 0.4) is 0 Å². The normalized spacial score (nSPS) is 21.6. The first-order valence-corrected chi connectivity index (χ1v) is 8.71. The van der Waals surface area contributed by atoms with E-state index in [0.29, 0.717) is 0 Å². The number of carbonyl (C=O) groups is 3. The van der Waals surface area contributed by atoms with E-state index in [9.17, 15) is 19.5 Å². The van der Waals surface area contributed by atoms with E-state index in [1.165, 1.54) is 13.0 Å². The van der Waals surface area contributed by atoms with Crippen molar-refractivity contribution < 1.29 is 29.0 Å². The van der Waals surface area contributed by atoms with Crippen molar-refractivity contribution in [3.63, 3.8) is 0 Å². The van der Waals surface area contributed by atoms with Crippen LogP contribution < -0.4 is 10.6 Å². The van der Waals surface area contributed by atoms with Crippen LogP contribution in [0.2, 0.25) is 0 Å². The Bertz CT molecular complexity index is 703. The second-order valence-corrected chi connectivity index (χ2v) is 6.15. The number of nitrogens with one attached hydrogen (secondary N) is 2. The number of rotatable bonds is 6. The van der Waals surface area contributed by atoms with Gasteiger partial charge in [-0.15, -0.1) is 0 Å². The Morgan fingerprint density at radius 1 is 1.15 bits per heavy atom. The monoisotopic (exact) mass is 376 g/mol. The SMILES string of the molecule is CCOC(=O)C1=C[C@@H](O)[C@H](NC(C)=O)[C@@H](NC(=O)OCc2ccccc2)C1. The van der Waals surface area contributed by atoms with Crippen LogP contribution in [0.5, 0.6) is 0 Å². The van der Waals surface area contributed by atoms with Gasteiger partial charge in [0.15, 0.2) is 0 Å². The smallest absolute Gasteiger partial charge is 0.407 e. The number of aliphatic hydroxyl groups excluding tert-OH is 1. The molecule has 1 aromatic carbocycles. The van der Waals surface area contributed by atoms with E-state index in [1.54, 1.807) is 6.92 Å². The first-order chi connectivity index (χ1) is 12.9. The van der Waals surface area contributed by atoms with Crippen LogP contribution in [-0.2, 0) is 25.7 Å².